The van der Waals surface area contributed by atoms with E-state index < -0.39 is 0 Å². The van der Waals surface area contributed by atoms with Crippen molar-refractivity contribution in [1.82, 2.24) is 0 Å². The normalized spacial score (nSPS) is 19.7. The molecule has 1 nitrogen and oxygen atoms in total. The van der Waals surface area contributed by atoms with Crippen LogP contribution in [0, 0.1) is 5.92 Å². The number of aliphatic hydroxyl groups is 1. The smallest absolute Gasteiger partial charge is 0.0568 e. The van der Waals surface area contributed by atoms with Crippen molar-refractivity contribution < 1.29 is 5.11 Å². The molecule has 18 heavy (non-hydrogen) atoms. The van der Waals surface area contributed by atoms with Crippen molar-refractivity contribution in [2.45, 2.75) is 103 Å². The van der Waals surface area contributed by atoms with Crippen LogP contribution >= 0.6 is 0 Å². The van der Waals surface area contributed by atoms with Crippen LogP contribution < -0.4 is 0 Å². The van der Waals surface area contributed by atoms with Gasteiger partial charge in [-0.25, -0.2) is 0 Å². The Labute approximate surface area is 114 Å². The molecule has 1 aliphatic rings. The zero-order valence-corrected chi connectivity index (χ0v) is 12.5. The van der Waals surface area contributed by atoms with Crippen LogP contribution in [0.15, 0.2) is 0 Å². The van der Waals surface area contributed by atoms with E-state index in [1.807, 2.05) is 0 Å². The Morgan fingerprint density at radius 3 is 2.00 bits per heavy atom. The van der Waals surface area contributed by atoms with Gasteiger partial charge in [-0.1, -0.05) is 77.6 Å². The highest BCUT2D eigenvalue weighted by Gasteiger charge is 2.19. The molecule has 0 spiro atoms. The molecule has 0 saturated heterocycles. The van der Waals surface area contributed by atoms with Gasteiger partial charge in [0.2, 0.25) is 0 Å². The van der Waals surface area contributed by atoms with Crippen LogP contribution in [0.3, 0.4) is 0 Å². The Balaban J connectivity index is 1.96. The van der Waals surface area contributed by atoms with Gasteiger partial charge in [0, 0.05) is 0 Å². The molecular weight excluding hydrogens is 220 g/mol. The summed E-state index contributed by atoms with van der Waals surface area (Å²) in [6, 6.07) is 0. The van der Waals surface area contributed by atoms with Crippen molar-refractivity contribution in [1.29, 1.82) is 0 Å². The van der Waals surface area contributed by atoms with E-state index in [1.165, 1.54) is 83.5 Å². The van der Waals surface area contributed by atoms with Gasteiger partial charge in [0.25, 0.3) is 0 Å². The second-order valence-corrected chi connectivity index (χ2v) is 6.23. The molecule has 1 unspecified atom stereocenters. The third-order valence-electron chi connectivity index (χ3n) is 4.55. The highest BCUT2D eigenvalue weighted by Crippen LogP contribution is 2.27. The number of hydrogen-bond acceptors (Lipinski definition) is 1. The van der Waals surface area contributed by atoms with Crippen molar-refractivity contribution in [2.24, 2.45) is 5.92 Å². The van der Waals surface area contributed by atoms with E-state index in [0.29, 0.717) is 5.92 Å². The SMILES string of the molecule is CCCCCCCCCC(O)C1CCCCCC1. The van der Waals surface area contributed by atoms with Gasteiger partial charge in [0.15, 0.2) is 0 Å². The van der Waals surface area contributed by atoms with Crippen molar-refractivity contribution in [3.63, 3.8) is 0 Å². The topological polar surface area (TPSA) is 20.2 Å². The van der Waals surface area contributed by atoms with Crippen LogP contribution in [0.5, 0.6) is 0 Å². The summed E-state index contributed by atoms with van der Waals surface area (Å²) < 4.78 is 0. The molecule has 0 amide bonds. The number of aliphatic hydroxyl groups excluding tert-OH is 1. The van der Waals surface area contributed by atoms with E-state index >= 15 is 0 Å². The predicted octanol–water partition coefficient (Wildman–Crippen LogP) is 5.46. The Bertz CT molecular complexity index is 170. The zero-order chi connectivity index (χ0) is 13.1. The maximum Gasteiger partial charge on any atom is 0.0568 e. The van der Waals surface area contributed by atoms with Crippen LogP contribution in [-0.2, 0) is 0 Å². The maximum atomic E-state index is 10.2. The molecule has 1 aliphatic carbocycles. The molecule has 1 fully saturated rings. The Morgan fingerprint density at radius 2 is 1.39 bits per heavy atom. The van der Waals surface area contributed by atoms with Gasteiger partial charge in [-0.2, -0.15) is 0 Å². The van der Waals surface area contributed by atoms with Gasteiger partial charge in [0.1, 0.15) is 0 Å². The average molecular weight is 254 g/mol. The molecule has 1 N–H and O–H groups in total. The fourth-order valence-electron chi connectivity index (χ4n) is 3.24. The Hall–Kier alpha value is -0.0400. The van der Waals surface area contributed by atoms with Gasteiger partial charge in [-0.3, -0.25) is 0 Å². The monoisotopic (exact) mass is 254 g/mol. The number of unbranched alkanes of at least 4 members (excludes halogenated alkanes) is 6. The van der Waals surface area contributed by atoms with E-state index in [9.17, 15) is 5.11 Å². The molecule has 0 aromatic carbocycles. The molecule has 1 heteroatoms. The van der Waals surface area contributed by atoms with Gasteiger partial charge in [0.05, 0.1) is 6.10 Å². The maximum absolute atomic E-state index is 10.2. The standard InChI is InChI=1S/C17H34O/c1-2-3-4-5-6-7-12-15-17(18)16-13-10-8-9-11-14-16/h16-18H,2-15H2,1H3. The van der Waals surface area contributed by atoms with Crippen molar-refractivity contribution in [3.05, 3.63) is 0 Å². The third-order valence-corrected chi connectivity index (χ3v) is 4.55. The van der Waals surface area contributed by atoms with Crippen molar-refractivity contribution >= 4 is 0 Å². The summed E-state index contributed by atoms with van der Waals surface area (Å²) >= 11 is 0. The molecule has 0 bridgehead atoms. The van der Waals surface area contributed by atoms with Crippen LogP contribution in [0.25, 0.3) is 0 Å². The minimum atomic E-state index is -0.00116. The van der Waals surface area contributed by atoms with Crippen LogP contribution in [0.4, 0.5) is 0 Å². The summed E-state index contributed by atoms with van der Waals surface area (Å²) in [5.74, 6) is 0.618. The van der Waals surface area contributed by atoms with Gasteiger partial charge >= 0.3 is 0 Å². The summed E-state index contributed by atoms with van der Waals surface area (Å²) in [6.07, 6.45) is 18.5. The number of hydrogen-bond donors (Lipinski definition) is 1. The minimum Gasteiger partial charge on any atom is -0.393 e. The number of rotatable bonds is 9. The van der Waals surface area contributed by atoms with E-state index in [1.54, 1.807) is 0 Å². The van der Waals surface area contributed by atoms with Gasteiger partial charge < -0.3 is 5.11 Å². The van der Waals surface area contributed by atoms with E-state index in [4.69, 9.17) is 0 Å². The van der Waals surface area contributed by atoms with Crippen LogP contribution in [-0.4, -0.2) is 11.2 Å². The molecule has 0 heterocycles. The highest BCUT2D eigenvalue weighted by atomic mass is 16.3. The molecule has 1 atom stereocenters. The highest BCUT2D eigenvalue weighted by molar-refractivity contribution is 4.72. The fourth-order valence-corrected chi connectivity index (χ4v) is 3.24. The molecule has 0 radical (unpaired) electrons. The van der Waals surface area contributed by atoms with Crippen molar-refractivity contribution in [3.8, 4) is 0 Å². The largest absolute Gasteiger partial charge is 0.393 e. The molecular formula is C17H34O. The first-order valence-electron chi connectivity index (χ1n) is 8.52. The van der Waals surface area contributed by atoms with Crippen molar-refractivity contribution in [2.75, 3.05) is 0 Å². The second kappa shape index (κ2) is 10.8. The lowest BCUT2D eigenvalue weighted by molar-refractivity contribution is 0.0874. The third kappa shape index (κ3) is 7.41. The van der Waals surface area contributed by atoms with E-state index in [2.05, 4.69) is 6.92 Å². The molecule has 108 valence electrons. The minimum absolute atomic E-state index is 0.00116. The summed E-state index contributed by atoms with van der Waals surface area (Å²) in [5.41, 5.74) is 0. The summed E-state index contributed by atoms with van der Waals surface area (Å²) in [6.45, 7) is 2.27. The lowest BCUT2D eigenvalue weighted by Crippen LogP contribution is -2.19. The lowest BCUT2D eigenvalue weighted by Gasteiger charge is -2.21. The van der Waals surface area contributed by atoms with Gasteiger partial charge in [-0.05, 0) is 25.2 Å². The second-order valence-electron chi connectivity index (χ2n) is 6.23. The van der Waals surface area contributed by atoms with Gasteiger partial charge in [-0.15, -0.1) is 0 Å². The molecule has 0 aromatic heterocycles. The summed E-state index contributed by atoms with van der Waals surface area (Å²) in [5, 5.41) is 10.2. The fraction of sp³-hybridized carbons (Fsp3) is 1.00. The van der Waals surface area contributed by atoms with Crippen LogP contribution in [0.1, 0.15) is 96.8 Å². The molecule has 1 rings (SSSR count). The van der Waals surface area contributed by atoms with E-state index in [-0.39, 0.29) is 6.10 Å². The molecule has 1 saturated carbocycles. The van der Waals surface area contributed by atoms with Crippen LogP contribution in [0.2, 0.25) is 0 Å². The average Bonchev–Trinajstić information content (AvgIpc) is 2.66. The summed E-state index contributed by atoms with van der Waals surface area (Å²) in [4.78, 5) is 0. The van der Waals surface area contributed by atoms with E-state index in [0.717, 1.165) is 6.42 Å². The first kappa shape index (κ1) is 16.0. The molecule has 0 aliphatic heterocycles. The first-order chi connectivity index (χ1) is 8.84. The Kier molecular flexibility index (Phi) is 9.65. The first-order valence-corrected chi connectivity index (χ1v) is 8.52. The summed E-state index contributed by atoms with van der Waals surface area (Å²) in [7, 11) is 0. The zero-order valence-electron chi connectivity index (χ0n) is 12.5. The lowest BCUT2D eigenvalue weighted by atomic mass is 9.90. The Morgan fingerprint density at radius 1 is 0.833 bits per heavy atom. The molecule has 0 aromatic rings. The predicted molar refractivity (Wildman–Crippen MR) is 79.8 cm³/mol. The quantitative estimate of drug-likeness (QED) is 0.428.